The molecule has 1 aliphatic rings. The maximum atomic E-state index is 5.82. The summed E-state index contributed by atoms with van der Waals surface area (Å²) in [7, 11) is 0. The lowest BCUT2D eigenvalue weighted by Crippen LogP contribution is -1.93. The number of halogens is 1. The topological polar surface area (TPSA) is 36.3 Å². The number of hydrogen-bond donors (Lipinski definition) is 0. The van der Waals surface area contributed by atoms with Gasteiger partial charge in [0.15, 0.2) is 6.29 Å². The van der Waals surface area contributed by atoms with Gasteiger partial charge in [0.2, 0.25) is 0 Å². The van der Waals surface area contributed by atoms with E-state index in [4.69, 9.17) is 21.1 Å². The predicted octanol–water partition coefficient (Wildman–Crippen LogP) is 2.63. The largest absolute Gasteiger partial charge is 0.345 e. The van der Waals surface area contributed by atoms with Crippen molar-refractivity contribution in [1.82, 2.24) is 9.78 Å². The third-order valence-electron chi connectivity index (χ3n) is 2.24. The van der Waals surface area contributed by atoms with Crippen molar-refractivity contribution >= 4 is 22.9 Å². The molecule has 1 fully saturated rings. The lowest BCUT2D eigenvalue weighted by atomic mass is 10.4. The molecule has 0 aromatic carbocycles. The highest BCUT2D eigenvalue weighted by atomic mass is 35.5. The molecule has 2 aromatic rings. The van der Waals surface area contributed by atoms with Gasteiger partial charge in [-0.25, -0.2) is 4.68 Å². The van der Waals surface area contributed by atoms with Gasteiger partial charge in [-0.05, 0) is 12.1 Å². The molecule has 0 spiro atoms. The van der Waals surface area contributed by atoms with Gasteiger partial charge < -0.3 is 9.47 Å². The molecule has 0 radical (unpaired) electrons. The summed E-state index contributed by atoms with van der Waals surface area (Å²) < 4.78 is 12.6. The Kier molecular flexibility index (Phi) is 2.69. The van der Waals surface area contributed by atoms with Crippen LogP contribution in [0.5, 0.6) is 0 Å². The SMILES string of the molecule is Clc1cnn(-c2ccc(C3OCCO3)s2)c1. The van der Waals surface area contributed by atoms with Gasteiger partial charge in [0.05, 0.1) is 35.5 Å². The number of aromatic nitrogens is 2. The monoisotopic (exact) mass is 256 g/mol. The van der Waals surface area contributed by atoms with E-state index in [9.17, 15) is 0 Å². The molecule has 4 nitrogen and oxygen atoms in total. The van der Waals surface area contributed by atoms with Crippen LogP contribution in [0.25, 0.3) is 5.00 Å². The van der Waals surface area contributed by atoms with Crippen LogP contribution < -0.4 is 0 Å². The Morgan fingerprint density at radius 2 is 2.19 bits per heavy atom. The molecule has 0 bridgehead atoms. The van der Waals surface area contributed by atoms with E-state index < -0.39 is 0 Å². The number of nitrogens with zero attached hydrogens (tertiary/aromatic N) is 2. The van der Waals surface area contributed by atoms with Gasteiger partial charge in [0.1, 0.15) is 5.00 Å². The second-order valence-corrected chi connectivity index (χ2v) is 4.88. The third-order valence-corrected chi connectivity index (χ3v) is 3.54. The van der Waals surface area contributed by atoms with E-state index >= 15 is 0 Å². The van der Waals surface area contributed by atoms with Crippen LogP contribution in [0.15, 0.2) is 24.5 Å². The maximum absolute atomic E-state index is 5.82. The Morgan fingerprint density at radius 1 is 1.38 bits per heavy atom. The van der Waals surface area contributed by atoms with E-state index in [-0.39, 0.29) is 6.29 Å². The molecule has 16 heavy (non-hydrogen) atoms. The zero-order valence-corrected chi connectivity index (χ0v) is 9.87. The molecule has 84 valence electrons. The van der Waals surface area contributed by atoms with Crippen LogP contribution in [0.4, 0.5) is 0 Å². The summed E-state index contributed by atoms with van der Waals surface area (Å²) in [6.45, 7) is 1.32. The van der Waals surface area contributed by atoms with E-state index in [0.29, 0.717) is 18.2 Å². The minimum Gasteiger partial charge on any atom is -0.345 e. The van der Waals surface area contributed by atoms with Crippen LogP contribution >= 0.6 is 22.9 Å². The summed E-state index contributed by atoms with van der Waals surface area (Å²) in [6.07, 6.45) is 3.17. The van der Waals surface area contributed by atoms with Crippen molar-refractivity contribution in [1.29, 1.82) is 0 Å². The molecular weight excluding hydrogens is 248 g/mol. The zero-order valence-electron chi connectivity index (χ0n) is 8.30. The van der Waals surface area contributed by atoms with Crippen LogP contribution in [0.2, 0.25) is 5.02 Å². The summed E-state index contributed by atoms with van der Waals surface area (Å²) in [5.41, 5.74) is 0. The molecule has 1 aliphatic heterocycles. The second kappa shape index (κ2) is 4.18. The first-order valence-electron chi connectivity index (χ1n) is 4.86. The molecule has 0 N–H and O–H groups in total. The molecule has 3 rings (SSSR count). The fourth-order valence-electron chi connectivity index (χ4n) is 1.54. The molecule has 0 unspecified atom stereocenters. The fraction of sp³-hybridized carbons (Fsp3) is 0.300. The first-order valence-corrected chi connectivity index (χ1v) is 6.06. The number of rotatable bonds is 2. The van der Waals surface area contributed by atoms with Gasteiger partial charge in [-0.3, -0.25) is 0 Å². The minimum absolute atomic E-state index is 0.218. The number of thiophene rings is 1. The molecule has 1 saturated heterocycles. The van der Waals surface area contributed by atoms with Gasteiger partial charge >= 0.3 is 0 Å². The first-order chi connectivity index (χ1) is 7.83. The lowest BCUT2D eigenvalue weighted by Gasteiger charge is -2.04. The van der Waals surface area contributed by atoms with Crippen molar-refractivity contribution in [2.45, 2.75) is 6.29 Å². The summed E-state index contributed by atoms with van der Waals surface area (Å²) in [5.74, 6) is 0. The fourth-order valence-corrected chi connectivity index (χ4v) is 2.61. The summed E-state index contributed by atoms with van der Waals surface area (Å²) in [5, 5.41) is 5.77. The second-order valence-electron chi connectivity index (χ2n) is 3.35. The van der Waals surface area contributed by atoms with Gasteiger partial charge in [0, 0.05) is 0 Å². The Hall–Kier alpha value is -0.880. The molecule has 0 amide bonds. The summed E-state index contributed by atoms with van der Waals surface area (Å²) >= 11 is 7.40. The van der Waals surface area contributed by atoms with Gasteiger partial charge in [-0.15, -0.1) is 11.3 Å². The molecule has 0 aliphatic carbocycles. The highest BCUT2D eigenvalue weighted by Crippen LogP contribution is 2.31. The maximum Gasteiger partial charge on any atom is 0.193 e. The predicted molar refractivity (Wildman–Crippen MR) is 61.1 cm³/mol. The minimum atomic E-state index is -0.218. The van der Waals surface area contributed by atoms with E-state index in [1.165, 1.54) is 0 Å². The highest BCUT2D eigenvalue weighted by Gasteiger charge is 2.20. The average molecular weight is 257 g/mol. The zero-order chi connectivity index (χ0) is 11.0. The van der Waals surface area contributed by atoms with Crippen molar-refractivity contribution in [3.05, 3.63) is 34.4 Å². The Labute approximate surface area is 101 Å². The van der Waals surface area contributed by atoms with Crippen molar-refractivity contribution in [3.8, 4) is 5.00 Å². The first kappa shape index (κ1) is 10.3. The number of ether oxygens (including phenoxy) is 2. The highest BCUT2D eigenvalue weighted by molar-refractivity contribution is 7.14. The van der Waals surface area contributed by atoms with Gasteiger partial charge in [-0.1, -0.05) is 11.6 Å². The van der Waals surface area contributed by atoms with Crippen LogP contribution in [0, 0.1) is 0 Å². The van der Waals surface area contributed by atoms with Crippen molar-refractivity contribution in [2.24, 2.45) is 0 Å². The molecule has 6 heteroatoms. The van der Waals surface area contributed by atoms with Crippen LogP contribution in [-0.2, 0) is 9.47 Å². The quantitative estimate of drug-likeness (QED) is 0.829. The summed E-state index contributed by atoms with van der Waals surface area (Å²) in [4.78, 5) is 1.05. The Bertz CT molecular complexity index is 490. The van der Waals surface area contributed by atoms with E-state index in [0.717, 1.165) is 9.88 Å². The molecule has 0 atom stereocenters. The third kappa shape index (κ3) is 1.87. The van der Waals surface area contributed by atoms with Crippen molar-refractivity contribution < 1.29 is 9.47 Å². The average Bonchev–Trinajstić information content (AvgIpc) is 2.97. The standard InChI is InChI=1S/C10H9ClN2O2S/c11-7-5-12-13(6-7)9-2-1-8(16-9)10-14-3-4-15-10/h1-2,5-6,10H,3-4H2. The molecular formula is C10H9ClN2O2S. The smallest absolute Gasteiger partial charge is 0.193 e. The van der Waals surface area contributed by atoms with Crippen LogP contribution in [0.1, 0.15) is 11.2 Å². The van der Waals surface area contributed by atoms with Gasteiger partial charge in [-0.2, -0.15) is 5.10 Å². The molecule has 3 heterocycles. The van der Waals surface area contributed by atoms with Crippen LogP contribution in [0.3, 0.4) is 0 Å². The lowest BCUT2D eigenvalue weighted by molar-refractivity contribution is -0.0413. The van der Waals surface area contributed by atoms with Crippen LogP contribution in [-0.4, -0.2) is 23.0 Å². The van der Waals surface area contributed by atoms with E-state index in [1.807, 2.05) is 12.1 Å². The number of hydrogen-bond acceptors (Lipinski definition) is 4. The Morgan fingerprint density at radius 3 is 2.88 bits per heavy atom. The van der Waals surface area contributed by atoms with E-state index in [1.54, 1.807) is 28.4 Å². The molecule has 2 aromatic heterocycles. The van der Waals surface area contributed by atoms with Crippen molar-refractivity contribution in [3.63, 3.8) is 0 Å². The van der Waals surface area contributed by atoms with E-state index in [2.05, 4.69) is 5.10 Å². The van der Waals surface area contributed by atoms with Gasteiger partial charge in [0.25, 0.3) is 0 Å². The molecule has 0 saturated carbocycles. The van der Waals surface area contributed by atoms with Crippen molar-refractivity contribution in [2.75, 3.05) is 13.2 Å². The Balaban J connectivity index is 1.87. The summed E-state index contributed by atoms with van der Waals surface area (Å²) in [6, 6.07) is 3.97. The normalized spacial score (nSPS) is 17.1.